The Kier molecular flexibility index (Phi) is 5.73. The predicted octanol–water partition coefficient (Wildman–Crippen LogP) is -0.280. The van der Waals surface area contributed by atoms with Crippen LogP contribution in [0.1, 0.15) is 19.3 Å². The zero-order valence-corrected chi connectivity index (χ0v) is 9.98. The molecule has 1 fully saturated rings. The molecule has 0 bridgehead atoms. The van der Waals surface area contributed by atoms with Crippen LogP contribution in [0.15, 0.2) is 0 Å². The SMILES string of the molecule is CN1CCC(CCNCC(N)C(=O)O)CC1. The van der Waals surface area contributed by atoms with Crippen LogP contribution in [0.5, 0.6) is 0 Å². The molecule has 1 unspecified atom stereocenters. The van der Waals surface area contributed by atoms with Gasteiger partial charge in [0.05, 0.1) is 0 Å². The van der Waals surface area contributed by atoms with Gasteiger partial charge < -0.3 is 21.1 Å². The molecular formula is C11H23N3O2. The summed E-state index contributed by atoms with van der Waals surface area (Å²) < 4.78 is 0. The summed E-state index contributed by atoms with van der Waals surface area (Å²) in [6.45, 7) is 3.59. The number of nitrogens with one attached hydrogen (secondary N) is 1. The number of hydrogen-bond donors (Lipinski definition) is 3. The second-order valence-electron chi connectivity index (χ2n) is 4.68. The quantitative estimate of drug-likeness (QED) is 0.546. The van der Waals surface area contributed by atoms with E-state index in [1.54, 1.807) is 0 Å². The molecule has 0 aromatic carbocycles. The third-order valence-corrected chi connectivity index (χ3v) is 3.25. The normalized spacial score (nSPS) is 20.9. The second kappa shape index (κ2) is 6.83. The molecule has 1 saturated heterocycles. The van der Waals surface area contributed by atoms with E-state index < -0.39 is 12.0 Å². The third kappa shape index (κ3) is 4.92. The Balaban J connectivity index is 2.01. The van der Waals surface area contributed by atoms with Gasteiger partial charge in [0.1, 0.15) is 6.04 Å². The van der Waals surface area contributed by atoms with Crippen molar-refractivity contribution >= 4 is 5.97 Å². The van der Waals surface area contributed by atoms with Crippen LogP contribution in [0, 0.1) is 5.92 Å². The number of aliphatic carboxylic acids is 1. The fraction of sp³-hybridized carbons (Fsp3) is 0.909. The molecule has 1 aliphatic heterocycles. The molecular weight excluding hydrogens is 206 g/mol. The van der Waals surface area contributed by atoms with Crippen LogP contribution in [0.2, 0.25) is 0 Å². The van der Waals surface area contributed by atoms with Crippen LogP contribution in [-0.4, -0.2) is 55.2 Å². The smallest absolute Gasteiger partial charge is 0.321 e. The molecule has 94 valence electrons. The van der Waals surface area contributed by atoms with Gasteiger partial charge in [-0.2, -0.15) is 0 Å². The Morgan fingerprint density at radius 3 is 2.75 bits per heavy atom. The van der Waals surface area contributed by atoms with Gasteiger partial charge in [-0.1, -0.05) is 0 Å². The van der Waals surface area contributed by atoms with Gasteiger partial charge in [-0.25, -0.2) is 0 Å². The number of nitrogens with zero attached hydrogens (tertiary/aromatic N) is 1. The Morgan fingerprint density at radius 1 is 1.56 bits per heavy atom. The Morgan fingerprint density at radius 2 is 2.19 bits per heavy atom. The van der Waals surface area contributed by atoms with Gasteiger partial charge in [-0.3, -0.25) is 4.79 Å². The van der Waals surface area contributed by atoms with Crippen LogP contribution >= 0.6 is 0 Å². The average Bonchev–Trinajstić information content (AvgIpc) is 2.26. The molecule has 0 spiro atoms. The average molecular weight is 229 g/mol. The van der Waals surface area contributed by atoms with E-state index in [1.165, 1.54) is 25.9 Å². The van der Waals surface area contributed by atoms with E-state index in [0.717, 1.165) is 18.9 Å². The van der Waals surface area contributed by atoms with Gasteiger partial charge in [0, 0.05) is 6.54 Å². The van der Waals surface area contributed by atoms with Gasteiger partial charge in [0.15, 0.2) is 0 Å². The summed E-state index contributed by atoms with van der Waals surface area (Å²) in [6, 6.07) is -0.780. The minimum absolute atomic E-state index is 0.363. The van der Waals surface area contributed by atoms with Gasteiger partial charge in [-0.15, -0.1) is 0 Å². The highest BCUT2D eigenvalue weighted by atomic mass is 16.4. The third-order valence-electron chi connectivity index (χ3n) is 3.25. The largest absolute Gasteiger partial charge is 0.480 e. The number of likely N-dealkylation sites (tertiary alicyclic amines) is 1. The maximum absolute atomic E-state index is 10.5. The van der Waals surface area contributed by atoms with Crippen LogP contribution in [-0.2, 0) is 4.79 Å². The Bertz CT molecular complexity index is 215. The van der Waals surface area contributed by atoms with Crippen molar-refractivity contribution in [1.29, 1.82) is 0 Å². The lowest BCUT2D eigenvalue weighted by atomic mass is 9.94. The van der Waals surface area contributed by atoms with E-state index >= 15 is 0 Å². The number of carboxylic acid groups (broad SMARTS) is 1. The highest BCUT2D eigenvalue weighted by Crippen LogP contribution is 2.18. The lowest BCUT2D eigenvalue weighted by Gasteiger charge is -2.28. The first kappa shape index (κ1) is 13.4. The minimum atomic E-state index is -0.938. The van der Waals surface area contributed by atoms with Crippen molar-refractivity contribution in [2.75, 3.05) is 33.2 Å². The van der Waals surface area contributed by atoms with Gasteiger partial charge >= 0.3 is 5.97 Å². The fourth-order valence-corrected chi connectivity index (χ4v) is 2.00. The molecule has 1 rings (SSSR count). The monoisotopic (exact) mass is 229 g/mol. The van der Waals surface area contributed by atoms with Crippen molar-refractivity contribution in [3.05, 3.63) is 0 Å². The van der Waals surface area contributed by atoms with E-state index in [2.05, 4.69) is 17.3 Å². The van der Waals surface area contributed by atoms with E-state index in [9.17, 15) is 4.79 Å². The molecule has 0 aromatic heterocycles. The molecule has 0 aromatic rings. The summed E-state index contributed by atoms with van der Waals surface area (Å²) in [4.78, 5) is 12.8. The lowest BCUT2D eigenvalue weighted by Crippen LogP contribution is -2.41. The number of carboxylic acids is 1. The Labute approximate surface area is 97.0 Å². The second-order valence-corrected chi connectivity index (χ2v) is 4.68. The van der Waals surface area contributed by atoms with Crippen LogP contribution < -0.4 is 11.1 Å². The van der Waals surface area contributed by atoms with Crippen LogP contribution in [0.25, 0.3) is 0 Å². The number of rotatable bonds is 6. The molecule has 0 saturated carbocycles. The van der Waals surface area contributed by atoms with Crippen molar-refractivity contribution < 1.29 is 9.90 Å². The summed E-state index contributed by atoms with van der Waals surface area (Å²) >= 11 is 0. The van der Waals surface area contributed by atoms with Gasteiger partial charge in [0.25, 0.3) is 0 Å². The lowest BCUT2D eigenvalue weighted by molar-refractivity contribution is -0.138. The van der Waals surface area contributed by atoms with Crippen molar-refractivity contribution in [1.82, 2.24) is 10.2 Å². The number of carbonyl (C=O) groups is 1. The van der Waals surface area contributed by atoms with Gasteiger partial charge in [0.2, 0.25) is 0 Å². The molecule has 16 heavy (non-hydrogen) atoms. The van der Waals surface area contributed by atoms with Crippen molar-refractivity contribution in [3.63, 3.8) is 0 Å². The van der Waals surface area contributed by atoms with Crippen molar-refractivity contribution in [2.24, 2.45) is 11.7 Å². The van der Waals surface area contributed by atoms with Crippen LogP contribution in [0.3, 0.4) is 0 Å². The summed E-state index contributed by atoms with van der Waals surface area (Å²) in [5, 5.41) is 11.7. The summed E-state index contributed by atoms with van der Waals surface area (Å²) in [7, 11) is 2.15. The highest BCUT2D eigenvalue weighted by Gasteiger charge is 2.16. The van der Waals surface area contributed by atoms with E-state index in [0.29, 0.717) is 6.54 Å². The molecule has 1 heterocycles. The van der Waals surface area contributed by atoms with E-state index in [4.69, 9.17) is 10.8 Å². The van der Waals surface area contributed by atoms with Crippen molar-refractivity contribution in [3.8, 4) is 0 Å². The zero-order chi connectivity index (χ0) is 12.0. The minimum Gasteiger partial charge on any atom is -0.480 e. The molecule has 5 heteroatoms. The summed E-state index contributed by atoms with van der Waals surface area (Å²) in [6.07, 6.45) is 3.63. The number of nitrogens with two attached hydrogens (primary N) is 1. The molecule has 4 N–H and O–H groups in total. The summed E-state index contributed by atoms with van der Waals surface area (Å²) in [5.74, 6) is -0.156. The predicted molar refractivity (Wildman–Crippen MR) is 63.3 cm³/mol. The molecule has 0 aliphatic carbocycles. The zero-order valence-electron chi connectivity index (χ0n) is 9.98. The van der Waals surface area contributed by atoms with Crippen LogP contribution in [0.4, 0.5) is 0 Å². The molecule has 0 radical (unpaired) electrons. The fourth-order valence-electron chi connectivity index (χ4n) is 2.00. The topological polar surface area (TPSA) is 78.6 Å². The highest BCUT2D eigenvalue weighted by molar-refractivity contribution is 5.73. The number of piperidine rings is 1. The molecule has 5 nitrogen and oxygen atoms in total. The van der Waals surface area contributed by atoms with E-state index in [1.807, 2.05) is 0 Å². The maximum atomic E-state index is 10.5. The first-order valence-electron chi connectivity index (χ1n) is 5.97. The first-order valence-corrected chi connectivity index (χ1v) is 5.97. The summed E-state index contributed by atoms with van der Waals surface area (Å²) in [5.41, 5.74) is 5.39. The van der Waals surface area contributed by atoms with E-state index in [-0.39, 0.29) is 0 Å². The Hall–Kier alpha value is -0.650. The maximum Gasteiger partial charge on any atom is 0.321 e. The number of hydrogen-bond acceptors (Lipinski definition) is 4. The molecule has 0 amide bonds. The van der Waals surface area contributed by atoms with Gasteiger partial charge in [-0.05, 0) is 51.9 Å². The standard InChI is InChI=1S/C11H23N3O2/c1-14-6-3-9(4-7-14)2-5-13-8-10(12)11(15)16/h9-10,13H,2-8,12H2,1H3,(H,15,16). The molecule has 1 aliphatic rings. The molecule has 1 atom stereocenters. The van der Waals surface area contributed by atoms with Crippen molar-refractivity contribution in [2.45, 2.75) is 25.3 Å². The first-order chi connectivity index (χ1) is 7.59.